The molecule has 1 heterocycles. The lowest BCUT2D eigenvalue weighted by Crippen LogP contribution is -2.39. The molecule has 1 aromatic heterocycles. The number of carbonyl (C=O) groups excluding carboxylic acids is 2. The van der Waals surface area contributed by atoms with E-state index in [1.54, 1.807) is 12.1 Å². The van der Waals surface area contributed by atoms with Gasteiger partial charge < -0.3 is 15.1 Å². The van der Waals surface area contributed by atoms with Crippen molar-refractivity contribution < 1.29 is 14.0 Å². The molecule has 0 saturated heterocycles. The number of halogens is 1. The molecule has 6 heteroatoms. The van der Waals surface area contributed by atoms with Crippen LogP contribution in [-0.4, -0.2) is 18.4 Å². The molecule has 0 bridgehead atoms. The first-order valence-electron chi connectivity index (χ1n) is 7.83. The summed E-state index contributed by atoms with van der Waals surface area (Å²) in [5.41, 5.74) is 1.06. The van der Waals surface area contributed by atoms with Crippen molar-refractivity contribution in [2.45, 2.75) is 26.3 Å². The molecule has 0 radical (unpaired) electrons. The molecule has 2 rings (SSSR count). The van der Waals surface area contributed by atoms with Gasteiger partial charge in [0.1, 0.15) is 0 Å². The van der Waals surface area contributed by atoms with Crippen molar-refractivity contribution in [3.8, 4) is 0 Å². The number of hydrogen-bond acceptors (Lipinski definition) is 3. The second-order valence-electron chi connectivity index (χ2n) is 5.95. The predicted octanol–water partition coefficient (Wildman–Crippen LogP) is 3.68. The summed E-state index contributed by atoms with van der Waals surface area (Å²) in [5.74, 6) is -0.0542. The van der Waals surface area contributed by atoms with E-state index in [-0.39, 0.29) is 24.3 Å². The molecule has 2 aromatic rings. The highest BCUT2D eigenvalue weighted by Crippen LogP contribution is 2.20. The summed E-state index contributed by atoms with van der Waals surface area (Å²) in [5, 5.41) is 5.54. The molecule has 0 aliphatic carbocycles. The Morgan fingerprint density at radius 2 is 1.83 bits per heavy atom. The van der Waals surface area contributed by atoms with Crippen LogP contribution in [0, 0.1) is 5.92 Å². The van der Waals surface area contributed by atoms with Crippen LogP contribution < -0.4 is 10.6 Å². The topological polar surface area (TPSA) is 71.3 Å². The van der Waals surface area contributed by atoms with Crippen molar-refractivity contribution in [1.82, 2.24) is 10.6 Å². The van der Waals surface area contributed by atoms with E-state index in [2.05, 4.69) is 40.4 Å². The van der Waals surface area contributed by atoms with Crippen molar-refractivity contribution in [2.75, 3.05) is 6.54 Å². The van der Waals surface area contributed by atoms with E-state index < -0.39 is 5.91 Å². The Labute approximate surface area is 149 Å². The third kappa shape index (κ3) is 5.53. The first-order chi connectivity index (χ1) is 11.5. The first kappa shape index (κ1) is 18.3. The zero-order valence-corrected chi connectivity index (χ0v) is 15.3. The Bertz CT molecular complexity index is 683. The minimum atomic E-state index is -0.420. The number of amides is 2. The van der Waals surface area contributed by atoms with Gasteiger partial charge in [-0.25, -0.2) is 0 Å². The van der Waals surface area contributed by atoms with Gasteiger partial charge >= 0.3 is 0 Å². The molecule has 128 valence electrons. The lowest BCUT2D eigenvalue weighted by molar-refractivity contribution is -0.121. The Morgan fingerprint density at radius 1 is 1.12 bits per heavy atom. The average molecular weight is 393 g/mol. The van der Waals surface area contributed by atoms with Gasteiger partial charge in [-0.2, -0.15) is 0 Å². The van der Waals surface area contributed by atoms with E-state index in [9.17, 15) is 9.59 Å². The van der Waals surface area contributed by atoms with E-state index >= 15 is 0 Å². The molecular weight excluding hydrogens is 372 g/mol. The average Bonchev–Trinajstić information content (AvgIpc) is 2.99. The molecule has 1 unspecified atom stereocenters. The quantitative estimate of drug-likeness (QED) is 0.754. The van der Waals surface area contributed by atoms with Crippen molar-refractivity contribution >= 4 is 27.7 Å². The summed E-state index contributed by atoms with van der Waals surface area (Å²) in [7, 11) is 0. The molecule has 0 aliphatic rings. The molecule has 2 N–H and O–H groups in total. The fourth-order valence-electron chi connectivity index (χ4n) is 2.36. The SMILES string of the molecule is CC(C)CC(NC(=O)CNC(=O)c1ccc(Br)o1)c1ccccc1. The van der Waals surface area contributed by atoms with Crippen LogP contribution in [0.1, 0.15) is 42.4 Å². The van der Waals surface area contributed by atoms with Crippen LogP contribution in [0.25, 0.3) is 0 Å². The fourth-order valence-corrected chi connectivity index (χ4v) is 2.67. The van der Waals surface area contributed by atoms with Crippen molar-refractivity contribution in [2.24, 2.45) is 5.92 Å². The van der Waals surface area contributed by atoms with Crippen LogP contribution in [0.3, 0.4) is 0 Å². The second-order valence-corrected chi connectivity index (χ2v) is 6.73. The van der Waals surface area contributed by atoms with Crippen LogP contribution in [-0.2, 0) is 4.79 Å². The number of furan rings is 1. The minimum absolute atomic E-state index is 0.0756. The largest absolute Gasteiger partial charge is 0.444 e. The second kappa shape index (κ2) is 8.68. The zero-order chi connectivity index (χ0) is 17.5. The van der Waals surface area contributed by atoms with E-state index in [1.165, 1.54) is 0 Å². The monoisotopic (exact) mass is 392 g/mol. The van der Waals surface area contributed by atoms with Gasteiger partial charge in [0.2, 0.25) is 5.91 Å². The van der Waals surface area contributed by atoms with Crippen LogP contribution in [0.2, 0.25) is 0 Å². The van der Waals surface area contributed by atoms with Gasteiger partial charge in [-0.05, 0) is 46.0 Å². The fraction of sp³-hybridized carbons (Fsp3) is 0.333. The van der Waals surface area contributed by atoms with Crippen LogP contribution in [0.15, 0.2) is 51.6 Å². The minimum Gasteiger partial charge on any atom is -0.444 e. The van der Waals surface area contributed by atoms with Gasteiger partial charge in [-0.3, -0.25) is 9.59 Å². The Kier molecular flexibility index (Phi) is 6.61. The molecule has 24 heavy (non-hydrogen) atoms. The highest BCUT2D eigenvalue weighted by atomic mass is 79.9. The zero-order valence-electron chi connectivity index (χ0n) is 13.7. The van der Waals surface area contributed by atoms with Crippen LogP contribution >= 0.6 is 15.9 Å². The Morgan fingerprint density at radius 3 is 2.42 bits per heavy atom. The van der Waals surface area contributed by atoms with Crippen molar-refractivity contribution in [3.63, 3.8) is 0 Å². The highest BCUT2D eigenvalue weighted by Gasteiger charge is 2.17. The van der Waals surface area contributed by atoms with Gasteiger partial charge in [0.25, 0.3) is 5.91 Å². The molecule has 0 spiro atoms. The highest BCUT2D eigenvalue weighted by molar-refractivity contribution is 9.10. The maximum Gasteiger partial charge on any atom is 0.287 e. The number of carbonyl (C=O) groups is 2. The molecule has 1 aromatic carbocycles. The summed E-state index contributed by atoms with van der Waals surface area (Å²) in [6, 6.07) is 12.9. The van der Waals surface area contributed by atoms with Gasteiger partial charge in [-0.15, -0.1) is 0 Å². The molecule has 5 nitrogen and oxygen atoms in total. The lowest BCUT2D eigenvalue weighted by Gasteiger charge is -2.21. The summed E-state index contributed by atoms with van der Waals surface area (Å²) in [6.07, 6.45) is 0.828. The van der Waals surface area contributed by atoms with Gasteiger partial charge in [0.15, 0.2) is 10.4 Å². The third-order valence-electron chi connectivity index (χ3n) is 3.45. The molecular formula is C18H21BrN2O3. The normalized spacial score (nSPS) is 12.0. The van der Waals surface area contributed by atoms with Crippen LogP contribution in [0.4, 0.5) is 0 Å². The smallest absolute Gasteiger partial charge is 0.287 e. The van der Waals surface area contributed by atoms with Crippen molar-refractivity contribution in [3.05, 3.63) is 58.5 Å². The summed E-state index contributed by atoms with van der Waals surface area (Å²) >= 11 is 3.14. The van der Waals surface area contributed by atoms with Crippen LogP contribution in [0.5, 0.6) is 0 Å². The maximum absolute atomic E-state index is 12.2. The Balaban J connectivity index is 1.91. The van der Waals surface area contributed by atoms with Crippen molar-refractivity contribution in [1.29, 1.82) is 0 Å². The molecule has 0 aliphatic heterocycles. The summed E-state index contributed by atoms with van der Waals surface area (Å²) in [4.78, 5) is 24.1. The predicted molar refractivity (Wildman–Crippen MR) is 95.5 cm³/mol. The van der Waals surface area contributed by atoms with E-state index in [0.29, 0.717) is 10.6 Å². The Hall–Kier alpha value is -2.08. The van der Waals surface area contributed by atoms with E-state index in [4.69, 9.17) is 4.42 Å². The van der Waals surface area contributed by atoms with E-state index in [0.717, 1.165) is 12.0 Å². The molecule has 2 amide bonds. The van der Waals surface area contributed by atoms with Gasteiger partial charge in [0.05, 0.1) is 12.6 Å². The third-order valence-corrected chi connectivity index (χ3v) is 3.88. The lowest BCUT2D eigenvalue weighted by atomic mass is 9.97. The molecule has 0 saturated carbocycles. The standard InChI is InChI=1S/C18H21BrN2O3/c1-12(2)10-14(13-6-4-3-5-7-13)21-17(22)11-20-18(23)15-8-9-16(19)24-15/h3-9,12,14H,10-11H2,1-2H3,(H,20,23)(H,21,22). The van der Waals surface area contributed by atoms with E-state index in [1.807, 2.05) is 30.3 Å². The van der Waals surface area contributed by atoms with Gasteiger partial charge in [0, 0.05) is 0 Å². The summed E-state index contributed by atoms with van der Waals surface area (Å²) < 4.78 is 5.62. The number of rotatable bonds is 7. The summed E-state index contributed by atoms with van der Waals surface area (Å²) in [6.45, 7) is 4.12. The number of hydrogen-bond donors (Lipinski definition) is 2. The van der Waals surface area contributed by atoms with Gasteiger partial charge in [-0.1, -0.05) is 44.2 Å². The molecule has 0 fully saturated rings. The number of nitrogens with one attached hydrogen (secondary N) is 2. The number of benzene rings is 1. The maximum atomic E-state index is 12.2. The molecule has 1 atom stereocenters. The first-order valence-corrected chi connectivity index (χ1v) is 8.63.